The van der Waals surface area contributed by atoms with E-state index in [0.717, 1.165) is 0 Å². The third-order valence-electron chi connectivity index (χ3n) is 6.39. The van der Waals surface area contributed by atoms with Gasteiger partial charge in [-0.05, 0) is 55.0 Å². The summed E-state index contributed by atoms with van der Waals surface area (Å²) in [7, 11) is 3.01. The summed E-state index contributed by atoms with van der Waals surface area (Å²) in [5, 5.41) is 15.5. The standard InChI is InChI=1S/C29H27Cl2N3O7/c1-29(15-21(34-41-29)25-22(39-2)8-5-9-23(25)40-3)28(38)33-20(27(36)37)14-16-10-12-17(13-11-16)32-26(35)24-18(30)6-4-7-19(24)31/h4-13,15,20,34H,14H2,1-3H3,(H,32,35)(H,33,38)(H,36,37)/t20?,29-/m0/s1. The van der Waals surface area contributed by atoms with E-state index >= 15 is 0 Å². The van der Waals surface area contributed by atoms with Crippen LogP contribution in [0.2, 0.25) is 10.0 Å². The molecule has 4 rings (SSSR count). The Morgan fingerprint density at radius 3 is 2.12 bits per heavy atom. The van der Waals surface area contributed by atoms with Crippen molar-refractivity contribution >= 4 is 52.4 Å². The Labute approximate surface area is 246 Å². The summed E-state index contributed by atoms with van der Waals surface area (Å²) in [6.07, 6.45) is 1.51. The van der Waals surface area contributed by atoms with E-state index in [4.69, 9.17) is 37.5 Å². The molecule has 1 aliphatic rings. The summed E-state index contributed by atoms with van der Waals surface area (Å²) in [6, 6.07) is 15.2. The van der Waals surface area contributed by atoms with Crippen molar-refractivity contribution in [2.45, 2.75) is 25.0 Å². The highest BCUT2D eigenvalue weighted by Gasteiger charge is 2.41. The number of carboxylic acids is 1. The quantitative estimate of drug-likeness (QED) is 0.263. The molecule has 1 aliphatic heterocycles. The van der Waals surface area contributed by atoms with Crippen LogP contribution in [0.5, 0.6) is 11.5 Å². The van der Waals surface area contributed by atoms with E-state index in [1.807, 2.05) is 0 Å². The molecule has 0 aliphatic carbocycles. The molecular formula is C29H27Cl2N3O7. The molecule has 0 aromatic heterocycles. The van der Waals surface area contributed by atoms with Crippen molar-refractivity contribution in [2.75, 3.05) is 19.5 Å². The summed E-state index contributed by atoms with van der Waals surface area (Å²) in [6.45, 7) is 1.51. The van der Waals surface area contributed by atoms with Crippen LogP contribution in [0, 0.1) is 0 Å². The monoisotopic (exact) mass is 599 g/mol. The molecular weight excluding hydrogens is 573 g/mol. The highest BCUT2D eigenvalue weighted by molar-refractivity contribution is 6.40. The van der Waals surface area contributed by atoms with E-state index in [2.05, 4.69) is 16.1 Å². The van der Waals surface area contributed by atoms with Gasteiger partial charge in [0.05, 0.1) is 41.1 Å². The van der Waals surface area contributed by atoms with Crippen LogP contribution in [0.4, 0.5) is 5.69 Å². The van der Waals surface area contributed by atoms with Crippen molar-refractivity contribution in [3.63, 3.8) is 0 Å². The van der Waals surface area contributed by atoms with E-state index in [9.17, 15) is 19.5 Å². The second kappa shape index (κ2) is 12.5. The average Bonchev–Trinajstić information content (AvgIpc) is 3.35. The molecule has 1 heterocycles. The van der Waals surface area contributed by atoms with Gasteiger partial charge < -0.3 is 25.2 Å². The molecule has 4 N–H and O–H groups in total. The van der Waals surface area contributed by atoms with Gasteiger partial charge in [-0.1, -0.05) is 47.5 Å². The summed E-state index contributed by atoms with van der Waals surface area (Å²) in [5.74, 6) is -1.39. The third-order valence-corrected chi connectivity index (χ3v) is 7.02. The number of anilines is 1. The van der Waals surface area contributed by atoms with Gasteiger partial charge in [0.2, 0.25) is 0 Å². The molecule has 10 nitrogen and oxygen atoms in total. The summed E-state index contributed by atoms with van der Waals surface area (Å²) >= 11 is 12.2. The van der Waals surface area contributed by atoms with E-state index in [1.165, 1.54) is 27.2 Å². The first-order chi connectivity index (χ1) is 19.6. The zero-order chi connectivity index (χ0) is 29.7. The fraction of sp³-hybridized carbons (Fsp3) is 0.207. The Hall–Kier alpha value is -4.25. The number of aliphatic carboxylic acids is 1. The number of halogens is 2. The van der Waals surface area contributed by atoms with E-state index in [-0.39, 0.29) is 22.0 Å². The van der Waals surface area contributed by atoms with Gasteiger partial charge in [-0.25, -0.2) is 4.79 Å². The molecule has 1 unspecified atom stereocenters. The highest BCUT2D eigenvalue weighted by atomic mass is 35.5. The number of hydrogen-bond acceptors (Lipinski definition) is 7. The predicted molar refractivity (Wildman–Crippen MR) is 154 cm³/mol. The van der Waals surface area contributed by atoms with Crippen molar-refractivity contribution in [1.29, 1.82) is 0 Å². The number of amides is 2. The zero-order valence-electron chi connectivity index (χ0n) is 22.3. The molecule has 41 heavy (non-hydrogen) atoms. The summed E-state index contributed by atoms with van der Waals surface area (Å²) < 4.78 is 10.8. The van der Waals surface area contributed by atoms with Crippen LogP contribution in [-0.2, 0) is 20.8 Å². The average molecular weight is 600 g/mol. The van der Waals surface area contributed by atoms with E-state index < -0.39 is 29.4 Å². The number of hydroxylamine groups is 1. The molecule has 0 radical (unpaired) electrons. The maximum absolute atomic E-state index is 13.2. The van der Waals surface area contributed by atoms with Crippen molar-refractivity contribution in [3.05, 3.63) is 93.5 Å². The van der Waals surface area contributed by atoms with Gasteiger partial charge in [0.1, 0.15) is 17.5 Å². The lowest BCUT2D eigenvalue weighted by Crippen LogP contribution is -2.51. The van der Waals surface area contributed by atoms with Gasteiger partial charge in [-0.15, -0.1) is 0 Å². The first kappa shape index (κ1) is 29.7. The number of nitrogens with one attached hydrogen (secondary N) is 3. The zero-order valence-corrected chi connectivity index (χ0v) is 23.8. The second-order valence-corrected chi connectivity index (χ2v) is 10.0. The minimum Gasteiger partial charge on any atom is -0.496 e. The fourth-order valence-corrected chi connectivity index (χ4v) is 4.79. The number of carboxylic acid groups (broad SMARTS) is 1. The number of rotatable bonds is 10. The van der Waals surface area contributed by atoms with E-state index in [0.29, 0.717) is 34.0 Å². The Balaban J connectivity index is 1.45. The van der Waals surface area contributed by atoms with Crippen LogP contribution < -0.4 is 25.6 Å². The molecule has 214 valence electrons. The first-order valence-corrected chi connectivity index (χ1v) is 13.1. The maximum atomic E-state index is 13.2. The number of benzene rings is 3. The van der Waals surface area contributed by atoms with Crippen LogP contribution in [0.3, 0.4) is 0 Å². The Morgan fingerprint density at radius 1 is 0.976 bits per heavy atom. The number of carbonyl (C=O) groups is 3. The van der Waals surface area contributed by atoms with Gasteiger partial charge in [-0.3, -0.25) is 19.9 Å². The number of hydrogen-bond donors (Lipinski definition) is 4. The van der Waals surface area contributed by atoms with Crippen LogP contribution >= 0.6 is 23.2 Å². The SMILES string of the molecule is COc1cccc(OC)c1C1=C[C@@](C)(C(=O)NC(Cc2ccc(NC(=O)c3c(Cl)cccc3Cl)cc2)C(=O)O)ON1. The fourth-order valence-electron chi connectivity index (χ4n) is 4.22. The van der Waals surface area contributed by atoms with Gasteiger partial charge in [0, 0.05) is 12.1 Å². The third kappa shape index (κ3) is 6.57. The predicted octanol–water partition coefficient (Wildman–Crippen LogP) is 4.71. The van der Waals surface area contributed by atoms with Crippen LogP contribution in [0.25, 0.3) is 5.70 Å². The van der Waals surface area contributed by atoms with Crippen molar-refractivity contribution in [1.82, 2.24) is 10.8 Å². The first-order valence-electron chi connectivity index (χ1n) is 12.3. The smallest absolute Gasteiger partial charge is 0.326 e. The molecule has 0 bridgehead atoms. The van der Waals surface area contributed by atoms with Crippen LogP contribution in [0.1, 0.15) is 28.4 Å². The van der Waals surface area contributed by atoms with Crippen LogP contribution in [-0.4, -0.2) is 48.8 Å². The normalized spacial score (nSPS) is 16.7. The molecule has 0 saturated carbocycles. The molecule has 3 aromatic rings. The Bertz CT molecular complexity index is 1470. The highest BCUT2D eigenvalue weighted by Crippen LogP contribution is 2.37. The van der Waals surface area contributed by atoms with Gasteiger partial charge in [-0.2, -0.15) is 0 Å². The van der Waals surface area contributed by atoms with Gasteiger partial charge in [0.15, 0.2) is 5.60 Å². The molecule has 0 fully saturated rings. The minimum absolute atomic E-state index is 0.0218. The number of ether oxygens (including phenoxy) is 2. The Morgan fingerprint density at radius 2 is 1.56 bits per heavy atom. The van der Waals surface area contributed by atoms with Gasteiger partial charge >= 0.3 is 5.97 Å². The van der Waals surface area contributed by atoms with Crippen LogP contribution in [0.15, 0.2) is 66.7 Å². The molecule has 3 aromatic carbocycles. The molecule has 0 saturated heterocycles. The van der Waals surface area contributed by atoms with Crippen molar-refractivity contribution < 1.29 is 33.8 Å². The lowest BCUT2D eigenvalue weighted by molar-refractivity contribution is -0.148. The van der Waals surface area contributed by atoms with Crippen molar-refractivity contribution in [3.8, 4) is 11.5 Å². The lowest BCUT2D eigenvalue weighted by Gasteiger charge is -2.22. The van der Waals surface area contributed by atoms with Gasteiger partial charge in [0.25, 0.3) is 11.8 Å². The van der Waals surface area contributed by atoms with E-state index in [1.54, 1.807) is 60.7 Å². The topological polar surface area (TPSA) is 135 Å². The molecule has 2 atom stereocenters. The number of methoxy groups -OCH3 is 2. The number of carbonyl (C=O) groups excluding carboxylic acids is 2. The molecule has 12 heteroatoms. The Kier molecular flexibility index (Phi) is 9.07. The second-order valence-electron chi connectivity index (χ2n) is 9.22. The molecule has 2 amide bonds. The largest absolute Gasteiger partial charge is 0.496 e. The van der Waals surface area contributed by atoms with Crippen molar-refractivity contribution in [2.24, 2.45) is 0 Å². The summed E-state index contributed by atoms with van der Waals surface area (Å²) in [4.78, 5) is 43.5. The lowest BCUT2D eigenvalue weighted by atomic mass is 10.00. The minimum atomic E-state index is -1.52. The summed E-state index contributed by atoms with van der Waals surface area (Å²) in [5.41, 5.74) is 3.39. The maximum Gasteiger partial charge on any atom is 0.326 e. The molecule has 0 spiro atoms.